The van der Waals surface area contributed by atoms with E-state index in [1.807, 2.05) is 6.92 Å². The SMILES string of the molecule is Cc1ccc(C(N)c2ccc(F)c(F)c2F)c(C)n1. The topological polar surface area (TPSA) is 38.9 Å². The fraction of sp³-hybridized carbons (Fsp3) is 0.214. The van der Waals surface area contributed by atoms with Crippen LogP contribution in [-0.4, -0.2) is 4.98 Å². The molecule has 0 saturated carbocycles. The molecule has 2 N–H and O–H groups in total. The number of nitrogens with zero attached hydrogens (tertiary/aromatic N) is 1. The fourth-order valence-corrected chi connectivity index (χ4v) is 1.97. The third-order valence-electron chi connectivity index (χ3n) is 3.00. The molecule has 100 valence electrons. The van der Waals surface area contributed by atoms with E-state index in [4.69, 9.17) is 5.73 Å². The number of nitrogens with two attached hydrogens (primary N) is 1. The minimum Gasteiger partial charge on any atom is -0.320 e. The molecule has 0 spiro atoms. The van der Waals surface area contributed by atoms with Crippen molar-refractivity contribution in [3.63, 3.8) is 0 Å². The molecule has 1 atom stereocenters. The lowest BCUT2D eigenvalue weighted by Crippen LogP contribution is -2.17. The Balaban J connectivity index is 2.50. The van der Waals surface area contributed by atoms with Crippen molar-refractivity contribution in [2.24, 2.45) is 5.73 Å². The molecule has 0 bridgehead atoms. The molecule has 0 radical (unpaired) electrons. The van der Waals surface area contributed by atoms with Crippen LogP contribution < -0.4 is 5.73 Å². The van der Waals surface area contributed by atoms with Gasteiger partial charge in [0.25, 0.3) is 0 Å². The molecule has 1 unspecified atom stereocenters. The van der Waals surface area contributed by atoms with Crippen molar-refractivity contribution in [3.8, 4) is 0 Å². The number of hydrogen-bond acceptors (Lipinski definition) is 2. The predicted molar refractivity (Wildman–Crippen MR) is 66.1 cm³/mol. The maximum atomic E-state index is 13.7. The summed E-state index contributed by atoms with van der Waals surface area (Å²) >= 11 is 0. The molecule has 1 heterocycles. The number of halogens is 3. The van der Waals surface area contributed by atoms with Crippen molar-refractivity contribution in [3.05, 3.63) is 64.2 Å². The van der Waals surface area contributed by atoms with E-state index in [1.165, 1.54) is 0 Å². The highest BCUT2D eigenvalue weighted by atomic mass is 19.2. The zero-order chi connectivity index (χ0) is 14.2. The monoisotopic (exact) mass is 266 g/mol. The van der Waals surface area contributed by atoms with Crippen molar-refractivity contribution in [1.29, 1.82) is 0 Å². The molecule has 0 aliphatic carbocycles. The maximum Gasteiger partial charge on any atom is 0.194 e. The lowest BCUT2D eigenvalue weighted by Gasteiger charge is -2.16. The van der Waals surface area contributed by atoms with Gasteiger partial charge >= 0.3 is 0 Å². The third kappa shape index (κ3) is 2.46. The Hall–Kier alpha value is -1.88. The number of aryl methyl sites for hydroxylation is 2. The van der Waals surface area contributed by atoms with E-state index in [0.29, 0.717) is 11.3 Å². The van der Waals surface area contributed by atoms with Gasteiger partial charge in [-0.25, -0.2) is 13.2 Å². The third-order valence-corrected chi connectivity index (χ3v) is 3.00. The normalized spacial score (nSPS) is 12.5. The minimum atomic E-state index is -1.51. The summed E-state index contributed by atoms with van der Waals surface area (Å²) in [5, 5.41) is 0. The highest BCUT2D eigenvalue weighted by Crippen LogP contribution is 2.26. The molecular weight excluding hydrogens is 253 g/mol. The van der Waals surface area contributed by atoms with E-state index in [0.717, 1.165) is 17.8 Å². The highest BCUT2D eigenvalue weighted by molar-refractivity contribution is 5.35. The van der Waals surface area contributed by atoms with Crippen LogP contribution in [0.5, 0.6) is 0 Å². The lowest BCUT2D eigenvalue weighted by molar-refractivity contribution is 0.438. The molecule has 2 aromatic rings. The first-order valence-electron chi connectivity index (χ1n) is 5.75. The summed E-state index contributed by atoms with van der Waals surface area (Å²) in [6.45, 7) is 3.56. The maximum absolute atomic E-state index is 13.7. The predicted octanol–water partition coefficient (Wildman–Crippen LogP) is 3.16. The second kappa shape index (κ2) is 5.01. The number of rotatable bonds is 2. The zero-order valence-electron chi connectivity index (χ0n) is 10.5. The van der Waals surface area contributed by atoms with E-state index >= 15 is 0 Å². The molecule has 0 saturated heterocycles. The molecule has 0 aliphatic rings. The zero-order valence-corrected chi connectivity index (χ0v) is 10.5. The highest BCUT2D eigenvalue weighted by Gasteiger charge is 2.20. The van der Waals surface area contributed by atoms with Gasteiger partial charge in [-0.1, -0.05) is 12.1 Å². The quantitative estimate of drug-likeness (QED) is 0.848. The van der Waals surface area contributed by atoms with Crippen LogP contribution >= 0.6 is 0 Å². The molecule has 0 amide bonds. The Kier molecular flexibility index (Phi) is 3.57. The average molecular weight is 266 g/mol. The second-order valence-corrected chi connectivity index (χ2v) is 4.37. The van der Waals surface area contributed by atoms with E-state index in [2.05, 4.69) is 4.98 Å². The van der Waals surface area contributed by atoms with Gasteiger partial charge in [0.2, 0.25) is 0 Å². The van der Waals surface area contributed by atoms with Gasteiger partial charge < -0.3 is 5.73 Å². The smallest absolute Gasteiger partial charge is 0.194 e. The molecule has 5 heteroatoms. The molecule has 0 fully saturated rings. The average Bonchev–Trinajstić information content (AvgIpc) is 2.35. The van der Waals surface area contributed by atoms with Crippen LogP contribution in [0.2, 0.25) is 0 Å². The number of hydrogen-bond donors (Lipinski definition) is 1. The largest absolute Gasteiger partial charge is 0.320 e. The molecule has 0 aliphatic heterocycles. The van der Waals surface area contributed by atoms with Crippen molar-refractivity contribution in [2.45, 2.75) is 19.9 Å². The van der Waals surface area contributed by atoms with Gasteiger partial charge in [0.15, 0.2) is 17.5 Å². The molecule has 2 rings (SSSR count). The first kappa shape index (κ1) is 13.5. The van der Waals surface area contributed by atoms with E-state index in [-0.39, 0.29) is 5.56 Å². The number of pyridine rings is 1. The van der Waals surface area contributed by atoms with Crippen LogP contribution in [-0.2, 0) is 0 Å². The van der Waals surface area contributed by atoms with Crippen LogP contribution in [0.1, 0.15) is 28.6 Å². The summed E-state index contributed by atoms with van der Waals surface area (Å²) in [5.41, 5.74) is 7.85. The Labute approximate surface area is 109 Å². The summed E-state index contributed by atoms with van der Waals surface area (Å²) in [7, 11) is 0. The van der Waals surface area contributed by atoms with Crippen molar-refractivity contribution in [1.82, 2.24) is 4.98 Å². The summed E-state index contributed by atoms with van der Waals surface area (Å²) in [6, 6.07) is 4.58. The van der Waals surface area contributed by atoms with E-state index in [1.54, 1.807) is 19.1 Å². The Bertz CT molecular complexity index is 626. The van der Waals surface area contributed by atoms with Crippen LogP contribution in [0.25, 0.3) is 0 Å². The van der Waals surface area contributed by atoms with Gasteiger partial charge in [-0.3, -0.25) is 4.98 Å². The molecule has 2 nitrogen and oxygen atoms in total. The summed E-state index contributed by atoms with van der Waals surface area (Å²) in [6.07, 6.45) is 0. The Morgan fingerprint density at radius 1 is 0.947 bits per heavy atom. The number of aromatic nitrogens is 1. The summed E-state index contributed by atoms with van der Waals surface area (Å²) in [4.78, 5) is 4.22. The lowest BCUT2D eigenvalue weighted by atomic mass is 9.97. The van der Waals surface area contributed by atoms with Gasteiger partial charge in [0.05, 0.1) is 6.04 Å². The van der Waals surface area contributed by atoms with Crippen LogP contribution in [0.3, 0.4) is 0 Å². The van der Waals surface area contributed by atoms with Crippen molar-refractivity contribution >= 4 is 0 Å². The first-order valence-corrected chi connectivity index (χ1v) is 5.75. The minimum absolute atomic E-state index is 0.0901. The van der Waals surface area contributed by atoms with Gasteiger partial charge in [0.1, 0.15) is 0 Å². The summed E-state index contributed by atoms with van der Waals surface area (Å²) in [5.74, 6) is -4.00. The van der Waals surface area contributed by atoms with Gasteiger partial charge in [0, 0.05) is 17.0 Å². The fourth-order valence-electron chi connectivity index (χ4n) is 1.97. The van der Waals surface area contributed by atoms with Crippen LogP contribution in [0, 0.1) is 31.3 Å². The van der Waals surface area contributed by atoms with E-state index < -0.39 is 23.5 Å². The van der Waals surface area contributed by atoms with Gasteiger partial charge in [-0.05, 0) is 31.5 Å². The number of benzene rings is 1. The second-order valence-electron chi connectivity index (χ2n) is 4.37. The molecule has 1 aromatic carbocycles. The Morgan fingerprint density at radius 2 is 1.58 bits per heavy atom. The first-order chi connectivity index (χ1) is 8.91. The standard InChI is InChI=1S/C14H13F3N2/c1-7-3-4-9(8(2)19-7)14(18)10-5-6-11(15)13(17)12(10)16/h3-6,14H,18H2,1-2H3. The van der Waals surface area contributed by atoms with Gasteiger partial charge in [-0.15, -0.1) is 0 Å². The molecule has 1 aromatic heterocycles. The summed E-state index contributed by atoms with van der Waals surface area (Å²) < 4.78 is 39.8. The van der Waals surface area contributed by atoms with Crippen molar-refractivity contribution in [2.75, 3.05) is 0 Å². The van der Waals surface area contributed by atoms with Crippen LogP contribution in [0.4, 0.5) is 13.2 Å². The van der Waals surface area contributed by atoms with Crippen molar-refractivity contribution < 1.29 is 13.2 Å². The Morgan fingerprint density at radius 3 is 2.21 bits per heavy atom. The molecular formula is C14H13F3N2. The van der Waals surface area contributed by atoms with Gasteiger partial charge in [-0.2, -0.15) is 0 Å². The molecule has 19 heavy (non-hydrogen) atoms. The van der Waals surface area contributed by atoms with E-state index in [9.17, 15) is 13.2 Å². The van der Waals surface area contributed by atoms with Crippen LogP contribution in [0.15, 0.2) is 24.3 Å².